The second-order valence-corrected chi connectivity index (χ2v) is 8.18. The van der Waals surface area contributed by atoms with Crippen molar-refractivity contribution < 1.29 is 33.0 Å². The predicted octanol–water partition coefficient (Wildman–Crippen LogP) is 2.88. The first-order valence-electron chi connectivity index (χ1n) is 9.90. The molecule has 172 valence electrons. The maximum Gasteiger partial charge on any atom is 0.326 e. The molecule has 1 unspecified atom stereocenters. The molecule has 9 heteroatoms. The fraction of sp³-hybridized carbons (Fsp3) is 0.348. The van der Waals surface area contributed by atoms with Crippen LogP contribution < -0.4 is 10.2 Å². The van der Waals surface area contributed by atoms with Crippen molar-refractivity contribution in [2.75, 3.05) is 11.4 Å². The van der Waals surface area contributed by atoms with Gasteiger partial charge in [0.15, 0.2) is 6.10 Å². The summed E-state index contributed by atoms with van der Waals surface area (Å²) >= 11 is 0. The smallest absolute Gasteiger partial charge is 0.326 e. The molecule has 2 amide bonds. The molecule has 0 fully saturated rings. The van der Waals surface area contributed by atoms with E-state index in [-0.39, 0.29) is 5.56 Å². The highest BCUT2D eigenvalue weighted by molar-refractivity contribution is 6.02. The van der Waals surface area contributed by atoms with Crippen LogP contribution in [0.5, 0.6) is 0 Å². The van der Waals surface area contributed by atoms with Crippen molar-refractivity contribution >= 4 is 23.5 Å². The number of anilines is 1. The molecule has 0 bridgehead atoms. The Morgan fingerprint density at radius 1 is 1.06 bits per heavy atom. The number of nitrogens with one attached hydrogen (secondary N) is 1. The van der Waals surface area contributed by atoms with E-state index >= 15 is 0 Å². The Labute approximate surface area is 185 Å². The number of ether oxygens (including phenoxy) is 1. The fourth-order valence-corrected chi connectivity index (χ4v) is 2.88. The topological polar surface area (TPSA) is 95.9 Å². The van der Waals surface area contributed by atoms with Crippen LogP contribution in [-0.4, -0.2) is 41.1 Å². The SMILES string of the molecule is C[C@H](NC(=O)C(O)c1cc(F)cc(F)c1)C(=O)N(CC(=O)OC(C)(C)C)c1ccccc1. The molecule has 7 nitrogen and oxygen atoms in total. The molecule has 2 rings (SSSR count). The lowest BCUT2D eigenvalue weighted by atomic mass is 10.1. The van der Waals surface area contributed by atoms with Crippen LogP contribution in [0.3, 0.4) is 0 Å². The van der Waals surface area contributed by atoms with Crippen molar-refractivity contribution in [1.82, 2.24) is 5.32 Å². The van der Waals surface area contributed by atoms with Crippen molar-refractivity contribution in [2.45, 2.75) is 45.4 Å². The van der Waals surface area contributed by atoms with Crippen molar-refractivity contribution in [2.24, 2.45) is 0 Å². The molecule has 0 radical (unpaired) electrons. The number of carbonyl (C=O) groups is 3. The Kier molecular flexibility index (Phi) is 8.04. The van der Waals surface area contributed by atoms with E-state index in [2.05, 4.69) is 5.32 Å². The highest BCUT2D eigenvalue weighted by atomic mass is 19.1. The summed E-state index contributed by atoms with van der Waals surface area (Å²) in [5, 5.41) is 12.5. The zero-order chi connectivity index (χ0) is 24.1. The first kappa shape index (κ1) is 24.9. The molecule has 2 N–H and O–H groups in total. The molecule has 0 saturated carbocycles. The average molecular weight is 448 g/mol. The molecular weight excluding hydrogens is 422 g/mol. The molecule has 32 heavy (non-hydrogen) atoms. The summed E-state index contributed by atoms with van der Waals surface area (Å²) in [5.74, 6) is -4.23. The van der Waals surface area contributed by atoms with Crippen molar-refractivity contribution in [3.8, 4) is 0 Å². The van der Waals surface area contributed by atoms with Gasteiger partial charge in [-0.05, 0) is 57.5 Å². The van der Waals surface area contributed by atoms with Gasteiger partial charge in [0, 0.05) is 11.8 Å². The zero-order valence-corrected chi connectivity index (χ0v) is 18.3. The van der Waals surface area contributed by atoms with Gasteiger partial charge in [-0.2, -0.15) is 0 Å². The number of aliphatic hydroxyl groups excluding tert-OH is 1. The lowest BCUT2D eigenvalue weighted by molar-refractivity contribution is -0.153. The lowest BCUT2D eigenvalue weighted by Gasteiger charge is -2.28. The first-order chi connectivity index (χ1) is 14.9. The Bertz CT molecular complexity index is 956. The van der Waals surface area contributed by atoms with Crippen molar-refractivity contribution in [3.05, 3.63) is 65.7 Å². The number of nitrogens with zero attached hydrogens (tertiary/aromatic N) is 1. The zero-order valence-electron chi connectivity index (χ0n) is 18.3. The summed E-state index contributed by atoms with van der Waals surface area (Å²) in [6.07, 6.45) is -1.90. The summed E-state index contributed by atoms with van der Waals surface area (Å²) < 4.78 is 32.1. The summed E-state index contributed by atoms with van der Waals surface area (Å²) in [6, 6.07) is 9.39. The highest BCUT2D eigenvalue weighted by Crippen LogP contribution is 2.19. The van der Waals surface area contributed by atoms with Crippen LogP contribution >= 0.6 is 0 Å². The monoisotopic (exact) mass is 448 g/mol. The Hall–Kier alpha value is -3.33. The number of hydrogen-bond donors (Lipinski definition) is 2. The number of carbonyl (C=O) groups excluding carboxylic acids is 3. The largest absolute Gasteiger partial charge is 0.459 e. The number of para-hydroxylation sites is 1. The molecule has 2 aromatic carbocycles. The van der Waals surface area contributed by atoms with Crippen molar-refractivity contribution in [1.29, 1.82) is 0 Å². The third-order valence-electron chi connectivity index (χ3n) is 4.22. The molecule has 0 saturated heterocycles. The van der Waals surface area contributed by atoms with Gasteiger partial charge >= 0.3 is 5.97 Å². The lowest BCUT2D eigenvalue weighted by Crippen LogP contribution is -2.50. The van der Waals surface area contributed by atoms with Gasteiger partial charge in [-0.25, -0.2) is 8.78 Å². The van der Waals surface area contributed by atoms with E-state index in [0.717, 1.165) is 17.0 Å². The highest BCUT2D eigenvalue weighted by Gasteiger charge is 2.29. The maximum atomic E-state index is 13.4. The number of aliphatic hydroxyl groups is 1. The van der Waals surface area contributed by atoms with Crippen LogP contribution in [0.2, 0.25) is 0 Å². The van der Waals surface area contributed by atoms with Crippen LogP contribution in [0.4, 0.5) is 14.5 Å². The Morgan fingerprint density at radius 3 is 2.16 bits per heavy atom. The first-order valence-corrected chi connectivity index (χ1v) is 9.90. The van der Waals surface area contributed by atoms with Gasteiger partial charge in [0.05, 0.1) is 0 Å². The minimum absolute atomic E-state index is 0.298. The summed E-state index contributed by atoms with van der Waals surface area (Å²) in [7, 11) is 0. The molecule has 2 atom stereocenters. The van der Waals surface area contributed by atoms with Gasteiger partial charge < -0.3 is 15.2 Å². The minimum atomic E-state index is -1.90. The standard InChI is InChI=1S/C23H26F2N2O5/c1-14(26-21(30)20(29)15-10-16(24)12-17(25)11-15)22(31)27(18-8-6-5-7-9-18)13-19(28)32-23(2,3)4/h5-12,14,20,29H,13H2,1-4H3,(H,26,30)/t14-,20?/m0/s1. The second-order valence-electron chi connectivity index (χ2n) is 8.18. The van der Waals surface area contributed by atoms with E-state index in [4.69, 9.17) is 4.74 Å². The molecule has 2 aromatic rings. The van der Waals surface area contributed by atoms with E-state index in [1.54, 1.807) is 51.1 Å². The van der Waals surface area contributed by atoms with Gasteiger partial charge in [-0.3, -0.25) is 19.3 Å². The summed E-state index contributed by atoms with van der Waals surface area (Å²) in [4.78, 5) is 38.9. The Morgan fingerprint density at radius 2 is 1.62 bits per heavy atom. The summed E-state index contributed by atoms with van der Waals surface area (Å²) in [5.41, 5.74) is -0.655. The Balaban J connectivity index is 2.17. The normalized spacial score (nSPS) is 13.1. The number of benzene rings is 2. The minimum Gasteiger partial charge on any atom is -0.459 e. The number of halogens is 2. The molecule has 0 spiro atoms. The predicted molar refractivity (Wildman–Crippen MR) is 114 cm³/mol. The summed E-state index contributed by atoms with van der Waals surface area (Å²) in [6.45, 7) is 6.04. The van der Waals surface area contributed by atoms with Gasteiger partial charge in [-0.1, -0.05) is 18.2 Å². The number of amides is 2. The molecule has 0 aliphatic carbocycles. The molecule has 0 aliphatic heterocycles. The second kappa shape index (κ2) is 10.3. The van der Waals surface area contributed by atoms with Crippen LogP contribution in [0, 0.1) is 11.6 Å². The van der Waals surface area contributed by atoms with E-state index in [1.165, 1.54) is 6.92 Å². The van der Waals surface area contributed by atoms with E-state index in [9.17, 15) is 28.3 Å². The quantitative estimate of drug-likeness (QED) is 0.635. The average Bonchev–Trinajstić information content (AvgIpc) is 2.69. The molecule has 0 aliphatic rings. The van der Waals surface area contributed by atoms with Gasteiger partial charge in [0.1, 0.15) is 29.8 Å². The van der Waals surface area contributed by atoms with Crippen LogP contribution in [-0.2, 0) is 19.1 Å². The van der Waals surface area contributed by atoms with Crippen LogP contribution in [0.25, 0.3) is 0 Å². The van der Waals surface area contributed by atoms with Crippen LogP contribution in [0.1, 0.15) is 39.4 Å². The van der Waals surface area contributed by atoms with Gasteiger partial charge in [-0.15, -0.1) is 0 Å². The van der Waals surface area contributed by atoms with Gasteiger partial charge in [0.25, 0.3) is 5.91 Å². The van der Waals surface area contributed by atoms with E-state index < -0.39 is 53.7 Å². The molecule has 0 aromatic heterocycles. The third-order valence-corrected chi connectivity index (χ3v) is 4.22. The fourth-order valence-electron chi connectivity index (χ4n) is 2.88. The maximum absolute atomic E-state index is 13.4. The number of hydrogen-bond acceptors (Lipinski definition) is 5. The van der Waals surface area contributed by atoms with E-state index in [0.29, 0.717) is 11.8 Å². The van der Waals surface area contributed by atoms with E-state index in [1.807, 2.05) is 0 Å². The number of rotatable bonds is 7. The third kappa shape index (κ3) is 7.12. The number of esters is 1. The molecular formula is C23H26F2N2O5. The van der Waals surface area contributed by atoms with Crippen LogP contribution in [0.15, 0.2) is 48.5 Å². The molecule has 0 heterocycles. The van der Waals surface area contributed by atoms with Gasteiger partial charge in [0.2, 0.25) is 5.91 Å². The van der Waals surface area contributed by atoms with Crippen molar-refractivity contribution in [3.63, 3.8) is 0 Å².